The van der Waals surface area contributed by atoms with Crippen molar-refractivity contribution in [3.63, 3.8) is 0 Å². The molecule has 0 aliphatic rings. The summed E-state index contributed by atoms with van der Waals surface area (Å²) in [5.41, 5.74) is 0. The van der Waals surface area contributed by atoms with Gasteiger partial charge in [-0.25, -0.2) is 0 Å². The first-order valence-corrected chi connectivity index (χ1v) is 4.28. The van der Waals surface area contributed by atoms with Crippen molar-refractivity contribution in [2.45, 2.75) is 0 Å². The fraction of sp³-hybridized carbons (Fsp3) is 0.667. The molecule has 0 saturated carbocycles. The van der Waals surface area contributed by atoms with Crippen molar-refractivity contribution in [2.24, 2.45) is 0 Å². The number of likely N-dealkylation sites (N-methyl/N-ethyl adjacent to an activating group) is 1. The van der Waals surface area contributed by atoms with Gasteiger partial charge in [-0.3, -0.25) is 4.79 Å². The predicted octanol–water partition coefficient (Wildman–Crippen LogP) is -0.133. The second-order valence-corrected chi connectivity index (χ2v) is 2.65. The molecular formula is C9H18N2O2. The van der Waals surface area contributed by atoms with Crippen LogP contribution in [0.5, 0.6) is 0 Å². The van der Waals surface area contributed by atoms with Gasteiger partial charge in [0.15, 0.2) is 0 Å². The fourth-order valence-corrected chi connectivity index (χ4v) is 0.938. The van der Waals surface area contributed by atoms with Crippen LogP contribution in [-0.4, -0.2) is 51.2 Å². The molecule has 1 N–H and O–H groups in total. The highest BCUT2D eigenvalue weighted by Gasteiger charge is 2.09. The summed E-state index contributed by atoms with van der Waals surface area (Å²) in [6.07, 6.45) is 1.71. The van der Waals surface area contributed by atoms with Gasteiger partial charge in [0.1, 0.15) is 0 Å². The van der Waals surface area contributed by atoms with Crippen LogP contribution in [0.4, 0.5) is 0 Å². The summed E-state index contributed by atoms with van der Waals surface area (Å²) < 4.78 is 4.90. The Balaban J connectivity index is 3.90. The van der Waals surface area contributed by atoms with Gasteiger partial charge in [0.25, 0.3) is 0 Å². The Labute approximate surface area is 79.6 Å². The molecule has 0 fully saturated rings. The second-order valence-electron chi connectivity index (χ2n) is 2.65. The highest BCUT2D eigenvalue weighted by Crippen LogP contribution is 1.89. The molecule has 0 aromatic carbocycles. The number of nitrogens with one attached hydrogen (secondary N) is 1. The Kier molecular flexibility index (Phi) is 7.24. The van der Waals surface area contributed by atoms with Crippen LogP contribution in [0.2, 0.25) is 0 Å². The number of carbonyl (C=O) groups excluding carboxylic acids is 1. The molecule has 76 valence electrons. The summed E-state index contributed by atoms with van der Waals surface area (Å²) in [5.74, 6) is 0.0689. The molecule has 4 nitrogen and oxygen atoms in total. The van der Waals surface area contributed by atoms with Gasteiger partial charge in [0.05, 0.1) is 13.2 Å². The number of nitrogens with zero attached hydrogens (tertiary/aromatic N) is 1. The fourth-order valence-electron chi connectivity index (χ4n) is 0.938. The van der Waals surface area contributed by atoms with Crippen LogP contribution in [0.25, 0.3) is 0 Å². The lowest BCUT2D eigenvalue weighted by Gasteiger charge is -2.20. The zero-order valence-electron chi connectivity index (χ0n) is 8.38. The molecule has 0 rings (SSSR count). The van der Waals surface area contributed by atoms with Crippen molar-refractivity contribution in [2.75, 3.05) is 40.4 Å². The maximum Gasteiger partial charge on any atom is 0.236 e. The van der Waals surface area contributed by atoms with E-state index in [9.17, 15) is 4.79 Å². The number of amides is 1. The van der Waals surface area contributed by atoms with Gasteiger partial charge in [-0.05, 0) is 7.05 Å². The van der Waals surface area contributed by atoms with Gasteiger partial charge >= 0.3 is 0 Å². The molecule has 0 saturated heterocycles. The third-order valence-corrected chi connectivity index (χ3v) is 1.60. The molecule has 1 amide bonds. The van der Waals surface area contributed by atoms with E-state index in [0.717, 1.165) is 0 Å². The van der Waals surface area contributed by atoms with Crippen LogP contribution in [0.3, 0.4) is 0 Å². The molecule has 0 spiro atoms. The molecular weight excluding hydrogens is 168 g/mol. The molecule has 0 aliphatic heterocycles. The first kappa shape index (κ1) is 12.1. The Morgan fingerprint density at radius 3 is 2.85 bits per heavy atom. The largest absolute Gasteiger partial charge is 0.383 e. The van der Waals surface area contributed by atoms with Crippen molar-refractivity contribution in [1.29, 1.82) is 0 Å². The van der Waals surface area contributed by atoms with Crippen LogP contribution < -0.4 is 5.32 Å². The van der Waals surface area contributed by atoms with Gasteiger partial charge in [-0.2, -0.15) is 0 Å². The highest BCUT2D eigenvalue weighted by molar-refractivity contribution is 5.78. The molecule has 0 atom stereocenters. The number of rotatable bonds is 7. The number of ether oxygens (including phenoxy) is 1. The Morgan fingerprint density at radius 2 is 2.38 bits per heavy atom. The summed E-state index contributed by atoms with van der Waals surface area (Å²) in [6.45, 7) is 5.70. The van der Waals surface area contributed by atoms with E-state index in [4.69, 9.17) is 4.74 Å². The normalized spacial score (nSPS) is 9.69. The Morgan fingerprint density at radius 1 is 1.69 bits per heavy atom. The van der Waals surface area contributed by atoms with Crippen LogP contribution >= 0.6 is 0 Å². The average Bonchev–Trinajstić information content (AvgIpc) is 2.12. The Hall–Kier alpha value is -0.870. The molecule has 0 aliphatic carbocycles. The number of methoxy groups -OCH3 is 1. The number of hydrogen-bond donors (Lipinski definition) is 1. The minimum absolute atomic E-state index is 0.0689. The van der Waals surface area contributed by atoms with Crippen molar-refractivity contribution >= 4 is 5.91 Å². The van der Waals surface area contributed by atoms with Crippen LogP contribution in [0.1, 0.15) is 0 Å². The van der Waals surface area contributed by atoms with Gasteiger partial charge in [-0.1, -0.05) is 6.08 Å². The van der Waals surface area contributed by atoms with Crippen LogP contribution in [0.15, 0.2) is 12.7 Å². The van der Waals surface area contributed by atoms with Gasteiger partial charge in [-0.15, -0.1) is 6.58 Å². The molecule has 0 radical (unpaired) electrons. The van der Waals surface area contributed by atoms with E-state index in [1.807, 2.05) is 0 Å². The second kappa shape index (κ2) is 7.76. The Bertz CT molecular complexity index is 160. The first-order chi connectivity index (χ1) is 6.26. The third kappa shape index (κ3) is 5.38. The predicted molar refractivity (Wildman–Crippen MR) is 52.6 cm³/mol. The zero-order valence-corrected chi connectivity index (χ0v) is 8.38. The van der Waals surface area contributed by atoms with E-state index in [-0.39, 0.29) is 5.91 Å². The van der Waals surface area contributed by atoms with E-state index >= 15 is 0 Å². The SMILES string of the molecule is C=CCN(CCOC)C(=O)CNC. The molecule has 0 heterocycles. The van der Waals surface area contributed by atoms with Crippen LogP contribution in [-0.2, 0) is 9.53 Å². The van der Waals surface area contributed by atoms with Crippen molar-refractivity contribution in [1.82, 2.24) is 10.2 Å². The standard InChI is InChI=1S/C9H18N2O2/c1-4-5-11(6-7-13-3)9(12)8-10-2/h4,10H,1,5-8H2,2-3H3. The lowest BCUT2D eigenvalue weighted by atomic mass is 10.4. The molecule has 0 bridgehead atoms. The average molecular weight is 186 g/mol. The smallest absolute Gasteiger partial charge is 0.236 e. The molecule has 0 aromatic heterocycles. The quantitative estimate of drug-likeness (QED) is 0.563. The van der Waals surface area contributed by atoms with E-state index in [1.165, 1.54) is 0 Å². The van der Waals surface area contributed by atoms with Crippen LogP contribution in [0, 0.1) is 0 Å². The summed E-state index contributed by atoms with van der Waals surface area (Å²) in [7, 11) is 3.37. The summed E-state index contributed by atoms with van der Waals surface area (Å²) in [6, 6.07) is 0. The van der Waals surface area contributed by atoms with E-state index in [1.54, 1.807) is 25.1 Å². The van der Waals surface area contributed by atoms with Gasteiger partial charge in [0.2, 0.25) is 5.91 Å². The maximum atomic E-state index is 11.4. The molecule has 0 unspecified atom stereocenters. The van der Waals surface area contributed by atoms with E-state index in [0.29, 0.717) is 26.2 Å². The molecule has 13 heavy (non-hydrogen) atoms. The molecule has 0 aromatic rings. The number of hydrogen-bond acceptors (Lipinski definition) is 3. The summed E-state index contributed by atoms with van der Waals surface area (Å²) >= 11 is 0. The first-order valence-electron chi connectivity index (χ1n) is 4.28. The minimum atomic E-state index is 0.0689. The van der Waals surface area contributed by atoms with E-state index < -0.39 is 0 Å². The number of carbonyl (C=O) groups is 1. The van der Waals surface area contributed by atoms with Gasteiger partial charge in [0, 0.05) is 20.2 Å². The minimum Gasteiger partial charge on any atom is -0.383 e. The van der Waals surface area contributed by atoms with Crippen molar-refractivity contribution in [3.05, 3.63) is 12.7 Å². The van der Waals surface area contributed by atoms with Crippen molar-refractivity contribution < 1.29 is 9.53 Å². The maximum absolute atomic E-state index is 11.4. The highest BCUT2D eigenvalue weighted by atomic mass is 16.5. The summed E-state index contributed by atoms with van der Waals surface area (Å²) in [4.78, 5) is 13.1. The topological polar surface area (TPSA) is 41.6 Å². The molecule has 4 heteroatoms. The van der Waals surface area contributed by atoms with Crippen molar-refractivity contribution in [3.8, 4) is 0 Å². The van der Waals surface area contributed by atoms with Gasteiger partial charge < -0.3 is 15.0 Å². The third-order valence-electron chi connectivity index (χ3n) is 1.60. The monoisotopic (exact) mass is 186 g/mol. The lowest BCUT2D eigenvalue weighted by molar-refractivity contribution is -0.130. The summed E-state index contributed by atoms with van der Waals surface area (Å²) in [5, 5.41) is 2.82. The van der Waals surface area contributed by atoms with E-state index in [2.05, 4.69) is 11.9 Å². The lowest BCUT2D eigenvalue weighted by Crippen LogP contribution is -2.39. The zero-order chi connectivity index (χ0) is 10.1.